The predicted molar refractivity (Wildman–Crippen MR) is 162 cm³/mol. The van der Waals surface area contributed by atoms with Crippen LogP contribution in [-0.2, 0) is 27.3 Å². The number of carboxylic acids is 1. The summed E-state index contributed by atoms with van der Waals surface area (Å²) in [5.74, 6) is -1.13. The number of benzene rings is 4. The number of esters is 1. The van der Waals surface area contributed by atoms with Crippen LogP contribution in [0.3, 0.4) is 0 Å². The maximum Gasteiger partial charge on any atom is 0.407 e. The van der Waals surface area contributed by atoms with Gasteiger partial charge in [-0.2, -0.15) is 0 Å². The third-order valence-electron chi connectivity index (χ3n) is 7.76. The molecule has 9 nitrogen and oxygen atoms in total. The van der Waals surface area contributed by atoms with Gasteiger partial charge < -0.3 is 29.1 Å². The number of hydrogen-bond acceptors (Lipinski definition) is 7. The van der Waals surface area contributed by atoms with Crippen LogP contribution >= 0.6 is 0 Å². The predicted octanol–water partition coefficient (Wildman–Crippen LogP) is 6.33. The van der Waals surface area contributed by atoms with Crippen LogP contribution < -0.4 is 10.1 Å². The minimum atomic E-state index is -1.30. The highest BCUT2D eigenvalue weighted by Gasteiger charge is 2.30. The summed E-state index contributed by atoms with van der Waals surface area (Å²) < 4.78 is 21.8. The van der Waals surface area contributed by atoms with Gasteiger partial charge in [0.25, 0.3) is 0 Å². The molecule has 6 rings (SSSR count). The molecule has 1 aromatic heterocycles. The van der Waals surface area contributed by atoms with E-state index < -0.39 is 24.1 Å². The number of fused-ring (bicyclic) bond motifs is 4. The maximum atomic E-state index is 13.0. The van der Waals surface area contributed by atoms with Crippen molar-refractivity contribution >= 4 is 28.8 Å². The molecule has 1 amide bonds. The van der Waals surface area contributed by atoms with E-state index in [2.05, 4.69) is 10.1 Å². The third kappa shape index (κ3) is 5.72. The van der Waals surface area contributed by atoms with Crippen LogP contribution in [0.4, 0.5) is 4.79 Å². The molecule has 2 N–H and O–H groups in total. The highest BCUT2D eigenvalue weighted by Crippen LogP contribution is 2.44. The van der Waals surface area contributed by atoms with Crippen molar-refractivity contribution in [2.24, 2.45) is 0 Å². The molecule has 0 spiro atoms. The summed E-state index contributed by atoms with van der Waals surface area (Å²) in [6.07, 6.45) is -0.894. The Balaban J connectivity index is 1.18. The van der Waals surface area contributed by atoms with E-state index in [1.54, 1.807) is 12.1 Å². The Morgan fingerprint density at radius 1 is 0.864 bits per heavy atom. The average Bonchev–Trinajstić information content (AvgIpc) is 3.65. The van der Waals surface area contributed by atoms with Crippen molar-refractivity contribution in [3.63, 3.8) is 0 Å². The van der Waals surface area contributed by atoms with Gasteiger partial charge in [0, 0.05) is 17.9 Å². The monoisotopic (exact) mass is 591 g/mol. The molecule has 0 aliphatic heterocycles. The highest BCUT2D eigenvalue weighted by atomic mass is 16.6. The molecule has 9 heteroatoms. The molecule has 1 aliphatic rings. The molecule has 222 valence electrons. The lowest BCUT2D eigenvalue weighted by molar-refractivity contribution is -0.139. The van der Waals surface area contributed by atoms with Crippen molar-refractivity contribution < 1.29 is 38.1 Å². The summed E-state index contributed by atoms with van der Waals surface area (Å²) in [5, 5.41) is 14.3. The molecule has 1 unspecified atom stereocenters. The Kier molecular flexibility index (Phi) is 8.01. The molecule has 1 heterocycles. The molecule has 44 heavy (non-hydrogen) atoms. The first-order valence-electron chi connectivity index (χ1n) is 14.1. The Hall–Kier alpha value is -5.57. The first-order valence-corrected chi connectivity index (χ1v) is 14.1. The topological polar surface area (TPSA) is 124 Å². The summed E-state index contributed by atoms with van der Waals surface area (Å²) in [6.45, 7) is 0.0470. The van der Waals surface area contributed by atoms with E-state index in [0.717, 1.165) is 33.0 Å². The second-order valence-electron chi connectivity index (χ2n) is 10.4. The molecule has 0 fully saturated rings. The summed E-state index contributed by atoms with van der Waals surface area (Å²) >= 11 is 0. The second-order valence-corrected chi connectivity index (χ2v) is 10.4. The quantitative estimate of drug-likeness (QED) is 0.181. The van der Waals surface area contributed by atoms with E-state index >= 15 is 0 Å². The zero-order chi connectivity index (χ0) is 30.6. The summed E-state index contributed by atoms with van der Waals surface area (Å²) in [4.78, 5) is 37.1. The van der Waals surface area contributed by atoms with Crippen LogP contribution in [0.25, 0.3) is 21.9 Å². The Bertz CT molecular complexity index is 1810. The molecule has 1 atom stereocenters. The van der Waals surface area contributed by atoms with E-state index in [0.29, 0.717) is 17.1 Å². The van der Waals surface area contributed by atoms with Gasteiger partial charge in [0.2, 0.25) is 5.76 Å². The Morgan fingerprint density at radius 2 is 1.55 bits per heavy atom. The van der Waals surface area contributed by atoms with Gasteiger partial charge in [-0.1, -0.05) is 78.9 Å². The van der Waals surface area contributed by atoms with Gasteiger partial charge in [-0.3, -0.25) is 0 Å². The number of rotatable bonds is 10. The maximum absolute atomic E-state index is 13.0. The molecule has 5 aromatic rings. The van der Waals surface area contributed by atoms with Crippen molar-refractivity contribution in [3.05, 3.63) is 125 Å². The standard InChI is InChI=1S/C35H29NO8/c1-41-34(39)32-17-15-22(44-32)19-42-31-16-14-21-8-2-3-9-23(21)28(31)18-30(33(37)38)36-35(40)43-20-29-26-12-6-4-10-24(26)25-11-5-7-13-27(25)29/h2-17,29-30H,18-20H2,1H3,(H,36,40)(H,37,38). The lowest BCUT2D eigenvalue weighted by Gasteiger charge is -2.20. The number of carbonyl (C=O) groups is 3. The van der Waals surface area contributed by atoms with E-state index in [1.807, 2.05) is 78.9 Å². The zero-order valence-corrected chi connectivity index (χ0v) is 23.8. The molecule has 0 radical (unpaired) electrons. The van der Waals surface area contributed by atoms with E-state index in [4.69, 9.17) is 13.9 Å². The first-order chi connectivity index (χ1) is 21.4. The van der Waals surface area contributed by atoms with Crippen LogP contribution in [0.5, 0.6) is 5.75 Å². The van der Waals surface area contributed by atoms with Gasteiger partial charge in [-0.05, 0) is 51.2 Å². The summed E-state index contributed by atoms with van der Waals surface area (Å²) in [6, 6.07) is 28.9. The third-order valence-corrected chi connectivity index (χ3v) is 7.76. The minimum absolute atomic E-state index is 0.0140. The van der Waals surface area contributed by atoms with Crippen LogP contribution in [0.1, 0.15) is 38.9 Å². The van der Waals surface area contributed by atoms with Crippen molar-refractivity contribution in [1.82, 2.24) is 5.32 Å². The van der Waals surface area contributed by atoms with Crippen LogP contribution in [-0.4, -0.2) is 42.9 Å². The number of nitrogens with one attached hydrogen (secondary N) is 1. The van der Waals surface area contributed by atoms with Gasteiger partial charge in [-0.15, -0.1) is 0 Å². The highest BCUT2D eigenvalue weighted by molar-refractivity contribution is 5.89. The second kappa shape index (κ2) is 12.3. The van der Waals surface area contributed by atoms with Crippen LogP contribution in [0.2, 0.25) is 0 Å². The SMILES string of the molecule is COC(=O)c1ccc(COc2ccc3ccccc3c2CC(NC(=O)OCC2c3ccccc3-c3ccccc32)C(=O)O)o1. The first kappa shape index (κ1) is 28.5. The fraction of sp³-hybridized carbons (Fsp3) is 0.171. The van der Waals surface area contributed by atoms with E-state index in [9.17, 15) is 19.5 Å². The molecule has 1 aliphatic carbocycles. The largest absolute Gasteiger partial charge is 0.485 e. The van der Waals surface area contributed by atoms with Crippen LogP contribution in [0, 0.1) is 0 Å². The van der Waals surface area contributed by atoms with Gasteiger partial charge in [-0.25, -0.2) is 14.4 Å². The van der Waals surface area contributed by atoms with Crippen molar-refractivity contribution in [1.29, 1.82) is 0 Å². The number of carbonyl (C=O) groups excluding carboxylic acids is 2. The zero-order valence-electron chi connectivity index (χ0n) is 23.8. The fourth-order valence-corrected chi connectivity index (χ4v) is 5.66. The Morgan fingerprint density at radius 3 is 2.25 bits per heavy atom. The molecular weight excluding hydrogens is 562 g/mol. The summed E-state index contributed by atoms with van der Waals surface area (Å²) in [7, 11) is 1.26. The molecule has 4 aromatic carbocycles. The summed E-state index contributed by atoms with van der Waals surface area (Å²) in [5.41, 5.74) is 4.91. The lowest BCUT2D eigenvalue weighted by Crippen LogP contribution is -2.43. The number of alkyl carbamates (subject to hydrolysis) is 1. The molecule has 0 saturated heterocycles. The molecule has 0 saturated carbocycles. The number of aliphatic carboxylic acids is 1. The number of methoxy groups -OCH3 is 1. The van der Waals surface area contributed by atoms with Crippen molar-refractivity contribution in [2.75, 3.05) is 13.7 Å². The Labute approximate surface area is 253 Å². The lowest BCUT2D eigenvalue weighted by atomic mass is 9.97. The smallest absolute Gasteiger partial charge is 0.407 e. The van der Waals surface area contributed by atoms with E-state index in [-0.39, 0.29) is 31.3 Å². The number of ether oxygens (including phenoxy) is 3. The van der Waals surface area contributed by atoms with Crippen molar-refractivity contribution in [3.8, 4) is 16.9 Å². The minimum Gasteiger partial charge on any atom is -0.485 e. The van der Waals surface area contributed by atoms with E-state index in [1.165, 1.54) is 13.2 Å². The van der Waals surface area contributed by atoms with Gasteiger partial charge in [0.1, 0.15) is 30.8 Å². The normalized spacial score (nSPS) is 12.7. The van der Waals surface area contributed by atoms with Gasteiger partial charge in [0.15, 0.2) is 0 Å². The number of amides is 1. The fourth-order valence-electron chi connectivity index (χ4n) is 5.66. The number of carboxylic acid groups (broad SMARTS) is 1. The van der Waals surface area contributed by atoms with Crippen molar-refractivity contribution in [2.45, 2.75) is 25.0 Å². The van der Waals surface area contributed by atoms with Gasteiger partial charge in [0.05, 0.1) is 7.11 Å². The van der Waals surface area contributed by atoms with Gasteiger partial charge >= 0.3 is 18.0 Å². The molecule has 0 bridgehead atoms. The number of furan rings is 1. The van der Waals surface area contributed by atoms with Crippen LogP contribution in [0.15, 0.2) is 101 Å². The molecular formula is C35H29NO8. The number of hydrogen-bond donors (Lipinski definition) is 2. The average molecular weight is 592 g/mol.